The predicted molar refractivity (Wildman–Crippen MR) is 80.2 cm³/mol. The van der Waals surface area contributed by atoms with Crippen molar-refractivity contribution in [2.24, 2.45) is 0 Å². The van der Waals surface area contributed by atoms with Gasteiger partial charge in [0.15, 0.2) is 5.11 Å². The molecule has 0 spiro atoms. The minimum absolute atomic E-state index is 0.0169. The standard InChI is InChI=1S/C13H19N3O2S/c1-4-8-14-13(19)15(3)10(2)11-6-5-7-12(9-11)16(17)18/h5-7,9-10H,4,8H2,1-3H3,(H,14,19)/t10-/m1/s1. The number of benzene rings is 1. The number of nitro benzene ring substituents is 1. The molecule has 1 rings (SSSR count). The summed E-state index contributed by atoms with van der Waals surface area (Å²) in [5.41, 5.74) is 0.975. The molecule has 1 atom stereocenters. The van der Waals surface area contributed by atoms with Crippen molar-refractivity contribution in [3.63, 3.8) is 0 Å². The minimum Gasteiger partial charge on any atom is -0.363 e. The zero-order valence-corrected chi connectivity index (χ0v) is 12.2. The van der Waals surface area contributed by atoms with Gasteiger partial charge in [0.05, 0.1) is 11.0 Å². The van der Waals surface area contributed by atoms with Crippen molar-refractivity contribution in [3.8, 4) is 0 Å². The van der Waals surface area contributed by atoms with Crippen molar-refractivity contribution in [1.29, 1.82) is 0 Å². The lowest BCUT2D eigenvalue weighted by atomic mass is 10.1. The highest BCUT2D eigenvalue weighted by molar-refractivity contribution is 7.80. The Morgan fingerprint density at radius 1 is 1.58 bits per heavy atom. The average molecular weight is 281 g/mol. The maximum absolute atomic E-state index is 10.8. The highest BCUT2D eigenvalue weighted by Gasteiger charge is 2.16. The Labute approximate surface area is 118 Å². The molecule has 0 unspecified atom stereocenters. The van der Waals surface area contributed by atoms with Crippen LogP contribution in [0.3, 0.4) is 0 Å². The molecule has 5 nitrogen and oxygen atoms in total. The Morgan fingerprint density at radius 3 is 2.84 bits per heavy atom. The van der Waals surface area contributed by atoms with E-state index in [0.717, 1.165) is 18.5 Å². The van der Waals surface area contributed by atoms with Crippen LogP contribution >= 0.6 is 12.2 Å². The fourth-order valence-corrected chi connectivity index (χ4v) is 1.91. The molecule has 0 heterocycles. The minimum atomic E-state index is -0.385. The fourth-order valence-electron chi connectivity index (χ4n) is 1.65. The number of non-ortho nitro benzene ring substituents is 1. The topological polar surface area (TPSA) is 58.4 Å². The van der Waals surface area contributed by atoms with Gasteiger partial charge < -0.3 is 10.2 Å². The highest BCUT2D eigenvalue weighted by Crippen LogP contribution is 2.22. The summed E-state index contributed by atoms with van der Waals surface area (Å²) in [6, 6.07) is 6.63. The van der Waals surface area contributed by atoms with Crippen LogP contribution in [0.1, 0.15) is 31.9 Å². The molecule has 0 aliphatic heterocycles. The number of hydrogen-bond donors (Lipinski definition) is 1. The Morgan fingerprint density at radius 2 is 2.26 bits per heavy atom. The van der Waals surface area contributed by atoms with Crippen LogP contribution < -0.4 is 5.32 Å². The van der Waals surface area contributed by atoms with Crippen molar-refractivity contribution >= 4 is 23.0 Å². The molecule has 0 amide bonds. The van der Waals surface area contributed by atoms with Gasteiger partial charge in [0.1, 0.15) is 0 Å². The lowest BCUT2D eigenvalue weighted by molar-refractivity contribution is -0.384. The lowest BCUT2D eigenvalue weighted by Crippen LogP contribution is -2.38. The summed E-state index contributed by atoms with van der Waals surface area (Å²) in [5, 5.41) is 14.6. The van der Waals surface area contributed by atoms with Crippen molar-refractivity contribution in [2.75, 3.05) is 13.6 Å². The van der Waals surface area contributed by atoms with Crippen molar-refractivity contribution in [1.82, 2.24) is 10.2 Å². The van der Waals surface area contributed by atoms with E-state index in [1.807, 2.05) is 24.9 Å². The van der Waals surface area contributed by atoms with Crippen LogP contribution in [0.25, 0.3) is 0 Å². The van der Waals surface area contributed by atoms with Crippen LogP contribution in [0.4, 0.5) is 5.69 Å². The van der Waals surface area contributed by atoms with Crippen LogP contribution in [0.5, 0.6) is 0 Å². The van der Waals surface area contributed by atoms with Crippen LogP contribution in [0.15, 0.2) is 24.3 Å². The summed E-state index contributed by atoms with van der Waals surface area (Å²) in [7, 11) is 1.88. The van der Waals surface area contributed by atoms with Gasteiger partial charge in [0.2, 0.25) is 0 Å². The van der Waals surface area contributed by atoms with Gasteiger partial charge >= 0.3 is 0 Å². The number of rotatable bonds is 5. The van der Waals surface area contributed by atoms with E-state index in [9.17, 15) is 10.1 Å². The van der Waals surface area contributed by atoms with E-state index in [1.54, 1.807) is 12.1 Å². The molecule has 0 saturated carbocycles. The molecule has 104 valence electrons. The molecule has 1 aromatic carbocycles. The molecular weight excluding hydrogens is 262 g/mol. The molecule has 0 saturated heterocycles. The van der Waals surface area contributed by atoms with Crippen molar-refractivity contribution in [3.05, 3.63) is 39.9 Å². The van der Waals surface area contributed by atoms with Crippen molar-refractivity contribution in [2.45, 2.75) is 26.3 Å². The molecule has 0 bridgehead atoms. The first-order valence-corrected chi connectivity index (χ1v) is 6.63. The second-order valence-electron chi connectivity index (χ2n) is 4.37. The molecule has 0 radical (unpaired) electrons. The zero-order chi connectivity index (χ0) is 14.4. The largest absolute Gasteiger partial charge is 0.363 e. The molecule has 1 aromatic rings. The van der Waals surface area contributed by atoms with Gasteiger partial charge in [-0.1, -0.05) is 19.1 Å². The number of hydrogen-bond acceptors (Lipinski definition) is 3. The van der Waals surface area contributed by atoms with E-state index in [2.05, 4.69) is 12.2 Å². The molecule has 0 fully saturated rings. The maximum Gasteiger partial charge on any atom is 0.269 e. The Bertz CT molecular complexity index is 465. The smallest absolute Gasteiger partial charge is 0.269 e. The maximum atomic E-state index is 10.8. The quantitative estimate of drug-likeness (QED) is 0.511. The summed E-state index contributed by atoms with van der Waals surface area (Å²) in [4.78, 5) is 12.3. The van der Waals surface area contributed by atoms with Gasteiger partial charge in [-0.05, 0) is 31.1 Å². The molecule has 1 N–H and O–H groups in total. The lowest BCUT2D eigenvalue weighted by Gasteiger charge is -2.28. The number of thiocarbonyl (C=S) groups is 1. The van der Waals surface area contributed by atoms with E-state index < -0.39 is 0 Å². The normalized spacial score (nSPS) is 11.7. The molecular formula is C13H19N3O2S. The number of nitrogens with one attached hydrogen (secondary N) is 1. The van der Waals surface area contributed by atoms with Crippen LogP contribution in [-0.2, 0) is 0 Å². The summed E-state index contributed by atoms with van der Waals surface area (Å²) in [5.74, 6) is 0. The van der Waals surface area contributed by atoms with Gasteiger partial charge in [-0.2, -0.15) is 0 Å². The Hall–Kier alpha value is -1.69. The average Bonchev–Trinajstić information content (AvgIpc) is 2.43. The van der Waals surface area contributed by atoms with Gasteiger partial charge in [0, 0.05) is 25.7 Å². The van der Waals surface area contributed by atoms with E-state index in [-0.39, 0.29) is 16.7 Å². The molecule has 0 aliphatic carbocycles. The first-order valence-electron chi connectivity index (χ1n) is 6.22. The van der Waals surface area contributed by atoms with E-state index in [1.165, 1.54) is 6.07 Å². The molecule has 0 aromatic heterocycles. The first kappa shape index (κ1) is 15.4. The van der Waals surface area contributed by atoms with Gasteiger partial charge in [-0.15, -0.1) is 0 Å². The summed E-state index contributed by atoms with van der Waals surface area (Å²) < 4.78 is 0. The monoisotopic (exact) mass is 281 g/mol. The van der Waals surface area contributed by atoms with Crippen LogP contribution in [-0.4, -0.2) is 28.5 Å². The van der Waals surface area contributed by atoms with Crippen molar-refractivity contribution < 1.29 is 4.92 Å². The molecule has 19 heavy (non-hydrogen) atoms. The third kappa shape index (κ3) is 4.17. The number of nitrogens with zero attached hydrogens (tertiary/aromatic N) is 2. The molecule has 6 heteroatoms. The Balaban J connectivity index is 2.81. The third-order valence-electron chi connectivity index (χ3n) is 2.99. The summed E-state index contributed by atoms with van der Waals surface area (Å²) >= 11 is 5.28. The van der Waals surface area contributed by atoms with E-state index in [0.29, 0.717) is 5.11 Å². The van der Waals surface area contributed by atoms with E-state index in [4.69, 9.17) is 12.2 Å². The summed E-state index contributed by atoms with van der Waals surface area (Å²) in [6.45, 7) is 4.86. The second-order valence-corrected chi connectivity index (χ2v) is 4.76. The zero-order valence-electron chi connectivity index (χ0n) is 11.4. The Kier molecular flexibility index (Phi) is 5.69. The van der Waals surface area contributed by atoms with Gasteiger partial charge in [0.25, 0.3) is 5.69 Å². The number of nitro groups is 1. The van der Waals surface area contributed by atoms with E-state index >= 15 is 0 Å². The second kappa shape index (κ2) is 7.04. The third-order valence-corrected chi connectivity index (χ3v) is 3.42. The highest BCUT2D eigenvalue weighted by atomic mass is 32.1. The van der Waals surface area contributed by atoms with Gasteiger partial charge in [-0.25, -0.2) is 0 Å². The SMILES string of the molecule is CCCNC(=S)N(C)[C@H](C)c1cccc([N+](=O)[O-])c1. The molecule has 0 aliphatic rings. The first-order chi connectivity index (χ1) is 8.97. The summed E-state index contributed by atoms with van der Waals surface area (Å²) in [6.07, 6.45) is 0.999. The fraction of sp³-hybridized carbons (Fsp3) is 0.462. The predicted octanol–water partition coefficient (Wildman–Crippen LogP) is 2.87. The van der Waals surface area contributed by atoms with Crippen LogP contribution in [0, 0.1) is 10.1 Å². The van der Waals surface area contributed by atoms with Crippen LogP contribution in [0.2, 0.25) is 0 Å². The van der Waals surface area contributed by atoms with Gasteiger partial charge in [-0.3, -0.25) is 10.1 Å².